The maximum atomic E-state index is 13.6. The van der Waals surface area contributed by atoms with Crippen molar-refractivity contribution in [3.05, 3.63) is 46.4 Å². The molecule has 0 N–H and O–H groups in total. The van der Waals surface area contributed by atoms with Gasteiger partial charge in [-0.1, -0.05) is 28.1 Å². The van der Waals surface area contributed by atoms with E-state index in [9.17, 15) is 4.39 Å². The summed E-state index contributed by atoms with van der Waals surface area (Å²) in [6, 6.07) is 4.98. The lowest BCUT2D eigenvalue weighted by Crippen LogP contribution is -2.02. The zero-order valence-electron chi connectivity index (χ0n) is 7.62. The summed E-state index contributed by atoms with van der Waals surface area (Å²) < 4.78 is 16.0. The summed E-state index contributed by atoms with van der Waals surface area (Å²) in [7, 11) is 0. The van der Waals surface area contributed by atoms with Gasteiger partial charge in [0, 0.05) is 11.5 Å². The van der Waals surface area contributed by atoms with Gasteiger partial charge in [0.1, 0.15) is 11.5 Å². The van der Waals surface area contributed by atoms with Crippen molar-refractivity contribution in [2.45, 2.75) is 5.33 Å². The zero-order chi connectivity index (χ0) is 10.8. The van der Waals surface area contributed by atoms with Gasteiger partial charge in [-0.05, 0) is 27.6 Å². The molecule has 0 aliphatic heterocycles. The summed E-state index contributed by atoms with van der Waals surface area (Å²) in [6.07, 6.45) is 3.36. The molecule has 15 heavy (non-hydrogen) atoms. The molecule has 0 unspecified atom stereocenters. The molecule has 0 bridgehead atoms. The fourth-order valence-electron chi connectivity index (χ4n) is 1.35. The number of halogens is 3. The van der Waals surface area contributed by atoms with Crippen molar-refractivity contribution in [3.8, 4) is 5.69 Å². The molecule has 2 nitrogen and oxygen atoms in total. The lowest BCUT2D eigenvalue weighted by atomic mass is 10.2. The number of rotatable bonds is 2. The highest BCUT2D eigenvalue weighted by Gasteiger charge is 2.10. The van der Waals surface area contributed by atoms with Gasteiger partial charge in [0.05, 0.1) is 10.7 Å². The second kappa shape index (κ2) is 4.45. The van der Waals surface area contributed by atoms with Crippen LogP contribution >= 0.6 is 31.9 Å². The van der Waals surface area contributed by atoms with E-state index in [1.54, 1.807) is 18.5 Å². The summed E-state index contributed by atoms with van der Waals surface area (Å²) in [6.45, 7) is 0. The van der Waals surface area contributed by atoms with Gasteiger partial charge in [-0.25, -0.2) is 9.07 Å². The van der Waals surface area contributed by atoms with Crippen LogP contribution in [-0.4, -0.2) is 9.78 Å². The van der Waals surface area contributed by atoms with Crippen molar-refractivity contribution >= 4 is 31.9 Å². The molecule has 0 saturated heterocycles. The molecule has 2 aromatic rings. The van der Waals surface area contributed by atoms with Crippen LogP contribution in [-0.2, 0) is 5.33 Å². The maximum Gasteiger partial charge on any atom is 0.149 e. The van der Waals surface area contributed by atoms with Crippen LogP contribution in [0.4, 0.5) is 4.39 Å². The maximum absolute atomic E-state index is 13.6. The van der Waals surface area contributed by atoms with Crippen molar-refractivity contribution < 1.29 is 4.39 Å². The molecule has 1 aromatic heterocycles. The fourth-order valence-corrected chi connectivity index (χ4v) is 2.09. The van der Waals surface area contributed by atoms with Crippen LogP contribution in [0.25, 0.3) is 5.69 Å². The molecule has 0 spiro atoms. The normalized spacial score (nSPS) is 10.6. The van der Waals surface area contributed by atoms with Crippen LogP contribution in [0.1, 0.15) is 5.56 Å². The minimum atomic E-state index is -0.275. The largest absolute Gasteiger partial charge is 0.237 e. The van der Waals surface area contributed by atoms with E-state index in [1.165, 1.54) is 10.7 Å². The van der Waals surface area contributed by atoms with Gasteiger partial charge in [0.25, 0.3) is 0 Å². The molecule has 0 atom stereocenters. The Kier molecular flexibility index (Phi) is 3.21. The SMILES string of the molecule is Fc1cccc(CBr)c1-n1cc(Br)cn1. The van der Waals surface area contributed by atoms with E-state index in [4.69, 9.17) is 0 Å². The van der Waals surface area contributed by atoms with E-state index in [0.29, 0.717) is 11.0 Å². The Bertz CT molecular complexity index is 482. The van der Waals surface area contributed by atoms with Gasteiger partial charge in [-0.3, -0.25) is 0 Å². The van der Waals surface area contributed by atoms with Crippen LogP contribution in [0.3, 0.4) is 0 Å². The standard InChI is InChI=1S/C10H7Br2FN2/c11-4-7-2-1-3-9(13)10(7)15-6-8(12)5-14-15/h1-3,5-6H,4H2. The third kappa shape index (κ3) is 2.13. The third-order valence-electron chi connectivity index (χ3n) is 1.99. The van der Waals surface area contributed by atoms with E-state index in [0.717, 1.165) is 10.0 Å². The predicted molar refractivity (Wildman–Crippen MR) is 63.9 cm³/mol. The molecule has 0 radical (unpaired) electrons. The molecule has 0 aliphatic carbocycles. The molecule has 2 rings (SSSR count). The smallest absolute Gasteiger partial charge is 0.149 e. The topological polar surface area (TPSA) is 17.8 Å². The monoisotopic (exact) mass is 332 g/mol. The van der Waals surface area contributed by atoms with Gasteiger partial charge >= 0.3 is 0 Å². The quantitative estimate of drug-likeness (QED) is 0.767. The summed E-state index contributed by atoms with van der Waals surface area (Å²) in [4.78, 5) is 0. The van der Waals surface area contributed by atoms with E-state index in [1.807, 2.05) is 6.07 Å². The van der Waals surface area contributed by atoms with Crippen molar-refractivity contribution in [2.24, 2.45) is 0 Å². The molecule has 1 heterocycles. The summed E-state index contributed by atoms with van der Waals surface area (Å²) >= 11 is 6.61. The lowest BCUT2D eigenvalue weighted by molar-refractivity contribution is 0.609. The van der Waals surface area contributed by atoms with Gasteiger partial charge in [0.15, 0.2) is 0 Å². The molecule has 5 heteroatoms. The Balaban J connectivity index is 2.60. The number of benzene rings is 1. The molecular weight excluding hydrogens is 327 g/mol. The first-order valence-corrected chi connectivity index (χ1v) is 6.17. The van der Waals surface area contributed by atoms with Gasteiger partial charge in [-0.15, -0.1) is 0 Å². The second-order valence-electron chi connectivity index (χ2n) is 2.98. The van der Waals surface area contributed by atoms with Crippen LogP contribution in [0.2, 0.25) is 0 Å². The number of hydrogen-bond donors (Lipinski definition) is 0. The van der Waals surface area contributed by atoms with Gasteiger partial charge in [-0.2, -0.15) is 5.10 Å². The molecule has 78 valence electrons. The number of para-hydroxylation sites is 1. The van der Waals surface area contributed by atoms with Crippen LogP contribution in [0.15, 0.2) is 35.1 Å². The first-order valence-electron chi connectivity index (χ1n) is 4.26. The Morgan fingerprint density at radius 3 is 2.80 bits per heavy atom. The van der Waals surface area contributed by atoms with Crippen molar-refractivity contribution in [1.29, 1.82) is 0 Å². The summed E-state index contributed by atoms with van der Waals surface area (Å²) in [5, 5.41) is 4.66. The highest BCUT2D eigenvalue weighted by Crippen LogP contribution is 2.21. The van der Waals surface area contributed by atoms with E-state index in [2.05, 4.69) is 37.0 Å². The number of alkyl halides is 1. The minimum absolute atomic E-state index is 0.275. The fraction of sp³-hybridized carbons (Fsp3) is 0.100. The van der Waals surface area contributed by atoms with E-state index >= 15 is 0 Å². The molecular formula is C10H7Br2FN2. The summed E-state index contributed by atoms with van der Waals surface area (Å²) in [5.74, 6) is -0.275. The Morgan fingerprint density at radius 2 is 2.20 bits per heavy atom. The molecule has 0 saturated carbocycles. The lowest BCUT2D eigenvalue weighted by Gasteiger charge is -2.07. The third-order valence-corrected chi connectivity index (χ3v) is 3.01. The van der Waals surface area contributed by atoms with Crippen molar-refractivity contribution in [1.82, 2.24) is 9.78 Å². The van der Waals surface area contributed by atoms with Gasteiger partial charge < -0.3 is 0 Å². The second-order valence-corrected chi connectivity index (χ2v) is 4.46. The van der Waals surface area contributed by atoms with Crippen LogP contribution < -0.4 is 0 Å². The average molecular weight is 334 g/mol. The average Bonchev–Trinajstić information content (AvgIpc) is 2.64. The predicted octanol–water partition coefficient (Wildman–Crippen LogP) is 3.67. The van der Waals surface area contributed by atoms with E-state index < -0.39 is 0 Å². The Hall–Kier alpha value is -0.680. The molecule has 0 aliphatic rings. The van der Waals surface area contributed by atoms with Crippen LogP contribution in [0.5, 0.6) is 0 Å². The molecule has 1 aromatic carbocycles. The van der Waals surface area contributed by atoms with Crippen LogP contribution in [0, 0.1) is 5.82 Å². The Labute approximate surface area is 103 Å². The number of hydrogen-bond acceptors (Lipinski definition) is 1. The summed E-state index contributed by atoms with van der Waals surface area (Å²) in [5.41, 5.74) is 1.35. The van der Waals surface area contributed by atoms with Gasteiger partial charge in [0.2, 0.25) is 0 Å². The highest BCUT2D eigenvalue weighted by molar-refractivity contribution is 9.10. The van der Waals surface area contributed by atoms with Crippen molar-refractivity contribution in [3.63, 3.8) is 0 Å². The first kappa shape index (κ1) is 10.8. The van der Waals surface area contributed by atoms with Crippen molar-refractivity contribution in [2.75, 3.05) is 0 Å². The Morgan fingerprint density at radius 1 is 1.40 bits per heavy atom. The molecule has 0 fully saturated rings. The number of aromatic nitrogens is 2. The van der Waals surface area contributed by atoms with E-state index in [-0.39, 0.29) is 5.82 Å². The molecule has 0 amide bonds. The zero-order valence-corrected chi connectivity index (χ0v) is 10.8. The highest BCUT2D eigenvalue weighted by atomic mass is 79.9. The minimum Gasteiger partial charge on any atom is -0.237 e. The number of nitrogens with zero attached hydrogens (tertiary/aromatic N) is 2. The first-order chi connectivity index (χ1) is 7.22.